The van der Waals surface area contributed by atoms with Crippen LogP contribution < -0.4 is 4.74 Å². The second-order valence-electron chi connectivity index (χ2n) is 4.42. The second-order valence-corrected chi connectivity index (χ2v) is 5.67. The first kappa shape index (κ1) is 13.4. The molecule has 0 aliphatic heterocycles. The number of thiophene rings is 1. The van der Waals surface area contributed by atoms with Gasteiger partial charge in [0.15, 0.2) is 5.65 Å². The minimum Gasteiger partial charge on any atom is -0.481 e. The molecule has 0 fully saturated rings. The van der Waals surface area contributed by atoms with Gasteiger partial charge in [-0.25, -0.2) is 4.98 Å². The van der Waals surface area contributed by atoms with Gasteiger partial charge in [0.1, 0.15) is 11.3 Å². The third-order valence-electron chi connectivity index (χ3n) is 3.26. The fourth-order valence-electron chi connectivity index (χ4n) is 2.27. The molecule has 0 radical (unpaired) electrons. The zero-order valence-electron chi connectivity index (χ0n) is 11.2. The Hall–Kier alpha value is -1.59. The molecule has 3 rings (SSSR count). The number of aromatic nitrogens is 3. The van der Waals surface area contributed by atoms with Gasteiger partial charge in [-0.05, 0) is 24.4 Å². The van der Waals surface area contributed by atoms with Gasteiger partial charge in [-0.1, -0.05) is 6.07 Å². The van der Waals surface area contributed by atoms with Crippen molar-refractivity contribution < 1.29 is 4.74 Å². The van der Waals surface area contributed by atoms with Gasteiger partial charge in [0, 0.05) is 10.9 Å². The lowest BCUT2D eigenvalue weighted by Crippen LogP contribution is -2.09. The van der Waals surface area contributed by atoms with E-state index in [9.17, 15) is 0 Å². The lowest BCUT2D eigenvalue weighted by molar-refractivity contribution is 0.398. The van der Waals surface area contributed by atoms with Crippen molar-refractivity contribution in [3.8, 4) is 5.88 Å². The average Bonchev–Trinajstić information content (AvgIpc) is 3.12. The van der Waals surface area contributed by atoms with E-state index in [1.165, 1.54) is 4.88 Å². The molecule has 3 aromatic rings. The van der Waals surface area contributed by atoms with Crippen molar-refractivity contribution in [1.29, 1.82) is 0 Å². The van der Waals surface area contributed by atoms with Crippen molar-refractivity contribution >= 4 is 34.1 Å². The quantitative estimate of drug-likeness (QED) is 0.687. The molecule has 0 bridgehead atoms. The van der Waals surface area contributed by atoms with E-state index >= 15 is 0 Å². The van der Waals surface area contributed by atoms with E-state index in [0.29, 0.717) is 11.8 Å². The van der Waals surface area contributed by atoms with Crippen LogP contribution in [0.15, 0.2) is 29.6 Å². The third kappa shape index (κ3) is 2.17. The SMILES string of the molecule is COc1ccc2nc(CCl)n(C(C)c3cccs3)c2n1. The summed E-state index contributed by atoms with van der Waals surface area (Å²) in [6.07, 6.45) is 0. The Morgan fingerprint density at radius 3 is 2.85 bits per heavy atom. The average molecular weight is 308 g/mol. The Balaban J connectivity index is 2.20. The first-order chi connectivity index (χ1) is 9.74. The number of nitrogens with zero attached hydrogens (tertiary/aromatic N) is 3. The predicted molar refractivity (Wildman–Crippen MR) is 81.8 cm³/mol. The van der Waals surface area contributed by atoms with Crippen molar-refractivity contribution in [3.63, 3.8) is 0 Å². The van der Waals surface area contributed by atoms with E-state index in [1.807, 2.05) is 18.2 Å². The molecule has 0 amide bonds. The van der Waals surface area contributed by atoms with Crippen molar-refractivity contribution in [3.05, 3.63) is 40.3 Å². The van der Waals surface area contributed by atoms with E-state index in [4.69, 9.17) is 16.3 Å². The van der Waals surface area contributed by atoms with E-state index in [1.54, 1.807) is 18.4 Å². The van der Waals surface area contributed by atoms with Crippen LogP contribution in [0.4, 0.5) is 0 Å². The van der Waals surface area contributed by atoms with Gasteiger partial charge >= 0.3 is 0 Å². The molecular weight excluding hydrogens is 294 g/mol. The van der Waals surface area contributed by atoms with Crippen LogP contribution in [-0.2, 0) is 5.88 Å². The summed E-state index contributed by atoms with van der Waals surface area (Å²) in [6, 6.07) is 8.03. The molecule has 1 unspecified atom stereocenters. The molecule has 104 valence electrons. The van der Waals surface area contributed by atoms with Crippen molar-refractivity contribution in [2.75, 3.05) is 7.11 Å². The first-order valence-corrected chi connectivity index (χ1v) is 7.67. The standard InChI is InChI=1S/C14H14ClN3OS/c1-9(11-4-3-7-20-11)18-12(8-15)16-10-5-6-13(19-2)17-14(10)18/h3-7,9H,8H2,1-2H3. The molecule has 0 N–H and O–H groups in total. The summed E-state index contributed by atoms with van der Waals surface area (Å²) in [5.74, 6) is 1.76. The zero-order chi connectivity index (χ0) is 14.1. The van der Waals surface area contributed by atoms with E-state index in [-0.39, 0.29) is 6.04 Å². The minimum absolute atomic E-state index is 0.147. The summed E-state index contributed by atoms with van der Waals surface area (Å²) < 4.78 is 7.29. The number of hydrogen-bond acceptors (Lipinski definition) is 4. The van der Waals surface area contributed by atoms with Gasteiger partial charge < -0.3 is 9.30 Å². The predicted octanol–water partition coefficient (Wildman–Crippen LogP) is 3.85. The number of ether oxygens (including phenoxy) is 1. The van der Waals surface area contributed by atoms with Gasteiger partial charge in [-0.2, -0.15) is 4.98 Å². The van der Waals surface area contributed by atoms with E-state index < -0.39 is 0 Å². The summed E-state index contributed by atoms with van der Waals surface area (Å²) in [6.45, 7) is 2.13. The highest BCUT2D eigenvalue weighted by Crippen LogP contribution is 2.29. The van der Waals surface area contributed by atoms with Crippen LogP contribution in [-0.4, -0.2) is 21.6 Å². The number of methoxy groups -OCH3 is 1. The molecule has 0 saturated heterocycles. The summed E-state index contributed by atoms with van der Waals surface area (Å²) in [5.41, 5.74) is 1.64. The molecule has 4 nitrogen and oxygen atoms in total. The molecule has 0 aliphatic rings. The fourth-order valence-corrected chi connectivity index (χ4v) is 3.24. The molecule has 0 spiro atoms. The highest BCUT2D eigenvalue weighted by molar-refractivity contribution is 7.10. The Labute approximate surface area is 126 Å². The fraction of sp³-hybridized carbons (Fsp3) is 0.286. The lowest BCUT2D eigenvalue weighted by Gasteiger charge is -2.15. The van der Waals surface area contributed by atoms with Crippen molar-refractivity contribution in [1.82, 2.24) is 14.5 Å². The number of hydrogen-bond donors (Lipinski definition) is 0. The maximum absolute atomic E-state index is 6.04. The van der Waals surface area contributed by atoms with Gasteiger partial charge in [0.25, 0.3) is 0 Å². The van der Waals surface area contributed by atoms with Gasteiger partial charge in [0.05, 0.1) is 19.0 Å². The molecule has 3 heterocycles. The minimum atomic E-state index is 0.147. The number of alkyl halides is 1. The van der Waals surface area contributed by atoms with Crippen LogP contribution in [0.2, 0.25) is 0 Å². The summed E-state index contributed by atoms with van der Waals surface area (Å²) in [5, 5.41) is 2.07. The highest BCUT2D eigenvalue weighted by Gasteiger charge is 2.19. The van der Waals surface area contributed by atoms with Crippen molar-refractivity contribution in [2.24, 2.45) is 0 Å². The Bertz CT molecular complexity index is 723. The lowest BCUT2D eigenvalue weighted by atomic mass is 10.2. The molecule has 0 aromatic carbocycles. The zero-order valence-corrected chi connectivity index (χ0v) is 12.8. The van der Waals surface area contributed by atoms with Crippen LogP contribution in [0.1, 0.15) is 23.7 Å². The first-order valence-electron chi connectivity index (χ1n) is 6.25. The van der Waals surface area contributed by atoms with Crippen LogP contribution >= 0.6 is 22.9 Å². The van der Waals surface area contributed by atoms with Gasteiger partial charge in [0.2, 0.25) is 5.88 Å². The maximum Gasteiger partial charge on any atom is 0.215 e. The van der Waals surface area contributed by atoms with Crippen LogP contribution in [0, 0.1) is 0 Å². The van der Waals surface area contributed by atoms with E-state index in [0.717, 1.165) is 17.0 Å². The Kier molecular flexibility index (Phi) is 3.63. The second kappa shape index (κ2) is 5.42. The molecule has 20 heavy (non-hydrogen) atoms. The summed E-state index contributed by atoms with van der Waals surface area (Å²) in [4.78, 5) is 10.3. The topological polar surface area (TPSA) is 39.9 Å². The van der Waals surface area contributed by atoms with Crippen molar-refractivity contribution in [2.45, 2.75) is 18.8 Å². The number of fused-ring (bicyclic) bond motifs is 1. The molecule has 0 aliphatic carbocycles. The summed E-state index contributed by atoms with van der Waals surface area (Å²) >= 11 is 7.76. The normalized spacial score (nSPS) is 12.8. The largest absolute Gasteiger partial charge is 0.481 e. The van der Waals surface area contributed by atoms with Crippen LogP contribution in [0.25, 0.3) is 11.2 Å². The van der Waals surface area contributed by atoms with Crippen LogP contribution in [0.5, 0.6) is 5.88 Å². The van der Waals surface area contributed by atoms with Crippen LogP contribution in [0.3, 0.4) is 0 Å². The molecule has 3 aromatic heterocycles. The Morgan fingerprint density at radius 1 is 1.35 bits per heavy atom. The molecule has 6 heteroatoms. The number of imidazole rings is 1. The highest BCUT2D eigenvalue weighted by atomic mass is 35.5. The maximum atomic E-state index is 6.04. The molecular formula is C14H14ClN3OS. The number of halogens is 1. The number of pyridine rings is 1. The molecule has 1 atom stereocenters. The Morgan fingerprint density at radius 2 is 2.20 bits per heavy atom. The number of rotatable bonds is 4. The summed E-state index contributed by atoms with van der Waals surface area (Å²) in [7, 11) is 1.61. The monoisotopic (exact) mass is 307 g/mol. The van der Waals surface area contributed by atoms with Gasteiger partial charge in [-0.3, -0.25) is 0 Å². The van der Waals surface area contributed by atoms with E-state index in [2.05, 4.69) is 32.9 Å². The third-order valence-corrected chi connectivity index (χ3v) is 4.54. The molecule has 0 saturated carbocycles. The smallest absolute Gasteiger partial charge is 0.215 e. The van der Waals surface area contributed by atoms with Gasteiger partial charge in [-0.15, -0.1) is 22.9 Å².